The maximum atomic E-state index is 12.4. The van der Waals surface area contributed by atoms with E-state index in [0.29, 0.717) is 28.6 Å². The number of nitrogens with one attached hydrogen (secondary N) is 4. The molecule has 0 atom stereocenters. The van der Waals surface area contributed by atoms with Gasteiger partial charge in [0, 0.05) is 0 Å². The van der Waals surface area contributed by atoms with Crippen LogP contribution >= 0.6 is 0 Å². The Kier molecular flexibility index (Phi) is 6.16. The van der Waals surface area contributed by atoms with Gasteiger partial charge in [-0.3, -0.25) is 0 Å². The SMILES string of the molecule is CCOC(=O)c1cc(/C=N/Nc2nc3ccccc3[nH]2)cc(/C=N/Nc2nc3ccccc3[nH]2)c1. The average Bonchev–Trinajstić information content (AvgIpc) is 3.47. The van der Waals surface area contributed by atoms with Crippen molar-refractivity contribution in [3.63, 3.8) is 0 Å². The molecule has 0 bridgehead atoms. The summed E-state index contributed by atoms with van der Waals surface area (Å²) in [5, 5.41) is 8.50. The second kappa shape index (κ2) is 9.87. The van der Waals surface area contributed by atoms with Gasteiger partial charge in [0.15, 0.2) is 0 Å². The van der Waals surface area contributed by atoms with Crippen molar-refractivity contribution in [3.8, 4) is 0 Å². The Morgan fingerprint density at radius 3 is 1.86 bits per heavy atom. The quantitative estimate of drug-likeness (QED) is 0.151. The molecule has 2 aromatic heterocycles. The van der Waals surface area contributed by atoms with Crippen molar-refractivity contribution < 1.29 is 9.53 Å². The molecule has 3 aromatic carbocycles. The summed E-state index contributed by atoms with van der Waals surface area (Å²) in [5.74, 6) is 0.606. The van der Waals surface area contributed by atoms with Crippen LogP contribution in [0.5, 0.6) is 0 Å². The molecule has 10 nitrogen and oxygen atoms in total. The van der Waals surface area contributed by atoms with Crippen LogP contribution in [0.2, 0.25) is 0 Å². The molecule has 0 aliphatic heterocycles. The lowest BCUT2D eigenvalue weighted by Gasteiger charge is -2.05. The van der Waals surface area contributed by atoms with Crippen LogP contribution in [0.1, 0.15) is 28.4 Å². The van der Waals surface area contributed by atoms with Crippen LogP contribution in [0, 0.1) is 0 Å². The highest BCUT2D eigenvalue weighted by Gasteiger charge is 2.09. The zero-order valence-corrected chi connectivity index (χ0v) is 18.8. The number of nitrogens with zero attached hydrogens (tertiary/aromatic N) is 4. The summed E-state index contributed by atoms with van der Waals surface area (Å²) in [5.41, 5.74) is 11.0. The van der Waals surface area contributed by atoms with Crippen molar-refractivity contribution >= 4 is 52.4 Å². The monoisotopic (exact) mass is 466 g/mol. The highest BCUT2D eigenvalue weighted by Crippen LogP contribution is 2.15. The fraction of sp³-hybridized carbons (Fsp3) is 0.0800. The summed E-state index contributed by atoms with van der Waals surface area (Å²) < 4.78 is 5.16. The first kappa shape index (κ1) is 21.8. The number of para-hydroxylation sites is 4. The number of hydrogen-bond acceptors (Lipinski definition) is 8. The van der Waals surface area contributed by atoms with Gasteiger partial charge in [0.1, 0.15) is 0 Å². The average molecular weight is 467 g/mol. The summed E-state index contributed by atoms with van der Waals surface area (Å²) in [4.78, 5) is 27.5. The van der Waals surface area contributed by atoms with E-state index < -0.39 is 5.97 Å². The van der Waals surface area contributed by atoms with E-state index in [0.717, 1.165) is 22.1 Å². The van der Waals surface area contributed by atoms with Gasteiger partial charge < -0.3 is 14.7 Å². The summed E-state index contributed by atoms with van der Waals surface area (Å²) in [6.45, 7) is 2.04. The molecular weight excluding hydrogens is 444 g/mol. The molecule has 5 aromatic rings. The second-order valence-electron chi connectivity index (χ2n) is 7.55. The van der Waals surface area contributed by atoms with E-state index in [1.54, 1.807) is 31.5 Å². The molecule has 0 aliphatic carbocycles. The van der Waals surface area contributed by atoms with Gasteiger partial charge in [-0.25, -0.2) is 25.6 Å². The zero-order chi connectivity index (χ0) is 24.0. The van der Waals surface area contributed by atoms with Gasteiger partial charge in [0.2, 0.25) is 11.9 Å². The van der Waals surface area contributed by atoms with E-state index in [4.69, 9.17) is 4.74 Å². The number of hydrazone groups is 2. The number of hydrogen-bond donors (Lipinski definition) is 4. The lowest BCUT2D eigenvalue weighted by Crippen LogP contribution is -2.06. The van der Waals surface area contributed by atoms with Gasteiger partial charge in [-0.2, -0.15) is 10.2 Å². The summed E-state index contributed by atoms with van der Waals surface area (Å²) in [6, 6.07) is 20.6. The van der Waals surface area contributed by atoms with Crippen LogP contribution < -0.4 is 10.9 Å². The molecule has 0 fully saturated rings. The minimum atomic E-state index is -0.423. The topological polar surface area (TPSA) is 132 Å². The van der Waals surface area contributed by atoms with Gasteiger partial charge in [0.05, 0.1) is 46.7 Å². The number of esters is 1. The standard InChI is InChI=1S/C25H22N8O2/c1-2-35-23(34)18-12-16(14-26-32-24-28-19-7-3-4-8-20(19)29-24)11-17(13-18)15-27-33-25-30-21-9-5-6-10-22(21)31-25/h3-15H,2H2,1H3,(H2,28,29,32)(H2,30,31,33)/b26-14+,27-15+. The number of aromatic amines is 2. The number of aromatic nitrogens is 4. The molecule has 0 amide bonds. The molecular formula is C25H22N8O2. The fourth-order valence-corrected chi connectivity index (χ4v) is 3.51. The van der Waals surface area contributed by atoms with Crippen molar-refractivity contribution in [1.29, 1.82) is 0 Å². The molecule has 0 unspecified atom stereocenters. The van der Waals surface area contributed by atoms with Crippen molar-refractivity contribution in [2.45, 2.75) is 6.92 Å². The Balaban J connectivity index is 1.34. The van der Waals surface area contributed by atoms with Crippen LogP contribution in [0.25, 0.3) is 22.1 Å². The highest BCUT2D eigenvalue weighted by atomic mass is 16.5. The fourth-order valence-electron chi connectivity index (χ4n) is 3.51. The first-order chi connectivity index (χ1) is 17.2. The first-order valence-corrected chi connectivity index (χ1v) is 11.0. The second-order valence-corrected chi connectivity index (χ2v) is 7.55. The van der Waals surface area contributed by atoms with Crippen molar-refractivity contribution in [2.24, 2.45) is 10.2 Å². The number of H-pyrrole nitrogens is 2. The maximum absolute atomic E-state index is 12.4. The number of ether oxygens (including phenoxy) is 1. The van der Waals surface area contributed by atoms with E-state index in [2.05, 4.69) is 41.0 Å². The van der Waals surface area contributed by atoms with Crippen LogP contribution in [-0.4, -0.2) is 44.9 Å². The Morgan fingerprint density at radius 2 is 1.37 bits per heavy atom. The van der Waals surface area contributed by atoms with Crippen molar-refractivity contribution in [1.82, 2.24) is 19.9 Å². The first-order valence-electron chi connectivity index (χ1n) is 11.0. The highest BCUT2D eigenvalue weighted by molar-refractivity contribution is 5.96. The van der Waals surface area contributed by atoms with Crippen molar-refractivity contribution in [3.05, 3.63) is 83.4 Å². The van der Waals surface area contributed by atoms with Crippen LogP contribution in [-0.2, 0) is 4.74 Å². The van der Waals surface area contributed by atoms with E-state index in [1.165, 1.54) is 0 Å². The smallest absolute Gasteiger partial charge is 0.338 e. The number of imidazole rings is 2. The van der Waals surface area contributed by atoms with Crippen LogP contribution in [0.3, 0.4) is 0 Å². The number of carbonyl (C=O) groups excluding carboxylic acids is 1. The molecule has 0 saturated carbocycles. The summed E-state index contributed by atoms with van der Waals surface area (Å²) in [7, 11) is 0. The number of rotatable bonds is 8. The van der Waals surface area contributed by atoms with Crippen LogP contribution in [0.4, 0.5) is 11.9 Å². The van der Waals surface area contributed by atoms with E-state index in [1.807, 2.05) is 54.6 Å². The number of benzene rings is 3. The molecule has 0 radical (unpaired) electrons. The molecule has 0 aliphatic rings. The number of anilines is 2. The predicted molar refractivity (Wildman–Crippen MR) is 137 cm³/mol. The Morgan fingerprint density at radius 1 is 0.857 bits per heavy atom. The van der Waals surface area contributed by atoms with Gasteiger partial charge in [-0.15, -0.1) is 0 Å². The largest absolute Gasteiger partial charge is 0.462 e. The predicted octanol–water partition coefficient (Wildman–Crippen LogP) is 4.51. The van der Waals surface area contributed by atoms with Gasteiger partial charge in [0.25, 0.3) is 0 Å². The minimum Gasteiger partial charge on any atom is -0.462 e. The molecule has 10 heteroatoms. The minimum absolute atomic E-state index is 0.280. The lowest BCUT2D eigenvalue weighted by molar-refractivity contribution is 0.0526. The molecule has 0 spiro atoms. The Bertz CT molecular complexity index is 1380. The third-order valence-electron chi connectivity index (χ3n) is 5.04. The van der Waals surface area contributed by atoms with Gasteiger partial charge >= 0.3 is 5.97 Å². The molecule has 2 heterocycles. The van der Waals surface area contributed by atoms with Crippen LogP contribution in [0.15, 0.2) is 76.9 Å². The molecule has 174 valence electrons. The summed E-state index contributed by atoms with van der Waals surface area (Å²) >= 11 is 0. The Labute approximate surface area is 200 Å². The third kappa shape index (κ3) is 5.17. The molecule has 35 heavy (non-hydrogen) atoms. The van der Waals surface area contributed by atoms with E-state index >= 15 is 0 Å². The molecule has 0 saturated heterocycles. The van der Waals surface area contributed by atoms with Gasteiger partial charge in [-0.05, 0) is 60.5 Å². The number of carbonyl (C=O) groups is 1. The lowest BCUT2D eigenvalue weighted by atomic mass is 10.1. The van der Waals surface area contributed by atoms with Gasteiger partial charge in [-0.1, -0.05) is 24.3 Å². The number of fused-ring (bicyclic) bond motifs is 2. The summed E-state index contributed by atoms with van der Waals surface area (Å²) in [6.07, 6.45) is 3.19. The maximum Gasteiger partial charge on any atom is 0.338 e. The molecule has 4 N–H and O–H groups in total. The third-order valence-corrected chi connectivity index (χ3v) is 5.04. The zero-order valence-electron chi connectivity index (χ0n) is 18.8. The van der Waals surface area contributed by atoms with E-state index in [9.17, 15) is 4.79 Å². The van der Waals surface area contributed by atoms with E-state index in [-0.39, 0.29) is 6.61 Å². The van der Waals surface area contributed by atoms with Crippen molar-refractivity contribution in [2.75, 3.05) is 17.5 Å². The molecule has 5 rings (SSSR count). The Hall–Kier alpha value is -4.99. The normalized spacial score (nSPS) is 11.6.